The first-order chi connectivity index (χ1) is 14.0. The molecule has 0 radical (unpaired) electrons. The van der Waals surface area contributed by atoms with Gasteiger partial charge in [-0.25, -0.2) is 0 Å². The molecule has 4 nitrogen and oxygen atoms in total. The Morgan fingerprint density at radius 2 is 1.76 bits per heavy atom. The van der Waals surface area contributed by atoms with Crippen molar-refractivity contribution in [1.82, 2.24) is 19.2 Å². The van der Waals surface area contributed by atoms with Crippen LogP contribution in [0, 0.1) is 13.8 Å². The van der Waals surface area contributed by atoms with Gasteiger partial charge in [-0.3, -0.25) is 4.68 Å². The van der Waals surface area contributed by atoms with E-state index in [2.05, 4.69) is 91.2 Å². The van der Waals surface area contributed by atoms with Gasteiger partial charge in [0.1, 0.15) is 0 Å². The van der Waals surface area contributed by atoms with Crippen molar-refractivity contribution >= 4 is 10.9 Å². The molecule has 2 aromatic heterocycles. The smallest absolute Gasteiger partial charge is 0.0659 e. The van der Waals surface area contributed by atoms with E-state index in [9.17, 15) is 0 Å². The number of aryl methyl sites for hydroxylation is 2. The van der Waals surface area contributed by atoms with Crippen LogP contribution < -0.4 is 0 Å². The summed E-state index contributed by atoms with van der Waals surface area (Å²) >= 11 is 0. The van der Waals surface area contributed by atoms with Crippen molar-refractivity contribution in [3.63, 3.8) is 0 Å². The lowest BCUT2D eigenvalue weighted by Crippen LogP contribution is -2.15. The molecule has 0 unspecified atom stereocenters. The number of hydrogen-bond donors (Lipinski definition) is 0. The average Bonchev–Trinajstić information content (AvgIpc) is 3.27. The molecule has 29 heavy (non-hydrogen) atoms. The number of rotatable bonds is 7. The maximum atomic E-state index is 4.58. The molecular formula is C25H30N4. The summed E-state index contributed by atoms with van der Waals surface area (Å²) in [6.07, 6.45) is 5.27. The van der Waals surface area contributed by atoms with E-state index in [0.717, 1.165) is 26.1 Å². The summed E-state index contributed by atoms with van der Waals surface area (Å²) < 4.78 is 4.48. The van der Waals surface area contributed by atoms with Gasteiger partial charge in [-0.2, -0.15) is 5.10 Å². The molecular weight excluding hydrogens is 356 g/mol. The van der Waals surface area contributed by atoms with E-state index in [-0.39, 0.29) is 0 Å². The minimum absolute atomic E-state index is 0.795. The van der Waals surface area contributed by atoms with Gasteiger partial charge < -0.3 is 9.47 Å². The molecule has 0 amide bonds. The molecule has 0 saturated carbocycles. The van der Waals surface area contributed by atoms with Crippen LogP contribution in [-0.2, 0) is 13.1 Å². The zero-order valence-corrected chi connectivity index (χ0v) is 17.9. The monoisotopic (exact) mass is 386 g/mol. The summed E-state index contributed by atoms with van der Waals surface area (Å²) in [6, 6.07) is 17.3. The summed E-state index contributed by atoms with van der Waals surface area (Å²) in [7, 11) is 4.27. The Balaban J connectivity index is 1.60. The third-order valence-electron chi connectivity index (χ3n) is 5.78. The molecule has 0 N–H and O–H groups in total. The maximum Gasteiger partial charge on any atom is 0.0659 e. The van der Waals surface area contributed by atoms with Crippen LogP contribution in [0.1, 0.15) is 23.2 Å². The Morgan fingerprint density at radius 3 is 2.52 bits per heavy atom. The van der Waals surface area contributed by atoms with Crippen LogP contribution in [-0.4, -0.2) is 39.9 Å². The van der Waals surface area contributed by atoms with Crippen LogP contribution in [0.5, 0.6) is 0 Å². The van der Waals surface area contributed by atoms with Crippen LogP contribution in [0.2, 0.25) is 0 Å². The first-order valence-corrected chi connectivity index (χ1v) is 10.3. The highest BCUT2D eigenvalue weighted by atomic mass is 15.3. The van der Waals surface area contributed by atoms with Gasteiger partial charge in [-0.15, -0.1) is 0 Å². The van der Waals surface area contributed by atoms with Crippen molar-refractivity contribution in [3.8, 4) is 11.1 Å². The number of fused-ring (bicyclic) bond motifs is 1. The first kappa shape index (κ1) is 19.5. The molecule has 0 aliphatic heterocycles. The SMILES string of the molecule is Cc1c(C)n(CCCN(C)C)c2ccc(-c3cnn(Cc4ccccc4)c3)cc12. The number of benzene rings is 2. The van der Waals surface area contributed by atoms with Crippen molar-refractivity contribution in [2.45, 2.75) is 33.4 Å². The summed E-state index contributed by atoms with van der Waals surface area (Å²) in [4.78, 5) is 2.25. The van der Waals surface area contributed by atoms with E-state index in [1.807, 2.05) is 16.9 Å². The highest BCUT2D eigenvalue weighted by molar-refractivity contribution is 5.89. The molecule has 4 aromatic rings. The van der Waals surface area contributed by atoms with E-state index in [0.29, 0.717) is 0 Å². The third-order valence-corrected chi connectivity index (χ3v) is 5.78. The molecule has 0 fully saturated rings. The Kier molecular flexibility index (Phi) is 5.54. The topological polar surface area (TPSA) is 26.0 Å². The van der Waals surface area contributed by atoms with E-state index < -0.39 is 0 Å². The van der Waals surface area contributed by atoms with Gasteiger partial charge in [0, 0.05) is 34.9 Å². The zero-order valence-electron chi connectivity index (χ0n) is 17.9. The predicted octanol–water partition coefficient (Wildman–Crippen LogP) is 5.12. The summed E-state index contributed by atoms with van der Waals surface area (Å²) in [6.45, 7) is 7.44. The molecule has 0 aliphatic carbocycles. The quantitative estimate of drug-likeness (QED) is 0.440. The molecule has 2 heterocycles. The zero-order chi connectivity index (χ0) is 20.4. The molecule has 0 bridgehead atoms. The highest BCUT2D eigenvalue weighted by Crippen LogP contribution is 2.30. The second-order valence-corrected chi connectivity index (χ2v) is 8.16. The van der Waals surface area contributed by atoms with Gasteiger partial charge in [0.05, 0.1) is 12.7 Å². The van der Waals surface area contributed by atoms with E-state index in [1.165, 1.54) is 38.9 Å². The minimum atomic E-state index is 0.795. The first-order valence-electron chi connectivity index (χ1n) is 10.3. The molecule has 0 saturated heterocycles. The number of hydrogen-bond acceptors (Lipinski definition) is 2. The molecule has 4 rings (SSSR count). The maximum absolute atomic E-state index is 4.58. The van der Waals surface area contributed by atoms with E-state index >= 15 is 0 Å². The van der Waals surface area contributed by atoms with Crippen LogP contribution in [0.25, 0.3) is 22.0 Å². The van der Waals surface area contributed by atoms with Crippen molar-refractivity contribution in [2.75, 3.05) is 20.6 Å². The number of nitrogens with zero attached hydrogens (tertiary/aromatic N) is 4. The second kappa shape index (κ2) is 8.26. The van der Waals surface area contributed by atoms with Crippen LogP contribution in [0.15, 0.2) is 60.9 Å². The average molecular weight is 387 g/mol. The van der Waals surface area contributed by atoms with Gasteiger partial charge in [0.15, 0.2) is 0 Å². The van der Waals surface area contributed by atoms with Crippen molar-refractivity contribution < 1.29 is 0 Å². The lowest BCUT2D eigenvalue weighted by Gasteiger charge is -2.12. The Morgan fingerprint density at radius 1 is 0.966 bits per heavy atom. The van der Waals surface area contributed by atoms with Gasteiger partial charge in [0.2, 0.25) is 0 Å². The molecule has 150 valence electrons. The predicted molar refractivity (Wildman–Crippen MR) is 121 cm³/mol. The molecule has 0 aliphatic rings. The van der Waals surface area contributed by atoms with Crippen molar-refractivity contribution in [2.24, 2.45) is 0 Å². The van der Waals surface area contributed by atoms with Gasteiger partial charge in [0.25, 0.3) is 0 Å². The lowest BCUT2D eigenvalue weighted by molar-refractivity contribution is 0.387. The summed E-state index contributed by atoms with van der Waals surface area (Å²) in [5.74, 6) is 0. The highest BCUT2D eigenvalue weighted by Gasteiger charge is 2.12. The molecule has 0 spiro atoms. The fourth-order valence-corrected chi connectivity index (χ4v) is 4.03. The lowest BCUT2D eigenvalue weighted by atomic mass is 10.1. The fraction of sp³-hybridized carbons (Fsp3) is 0.320. The Bertz CT molecular complexity index is 1100. The third kappa shape index (κ3) is 4.13. The summed E-state index contributed by atoms with van der Waals surface area (Å²) in [5, 5.41) is 5.92. The van der Waals surface area contributed by atoms with Gasteiger partial charge in [-0.1, -0.05) is 36.4 Å². The van der Waals surface area contributed by atoms with E-state index in [4.69, 9.17) is 0 Å². The van der Waals surface area contributed by atoms with E-state index in [1.54, 1.807) is 0 Å². The normalized spacial score (nSPS) is 11.6. The molecule has 4 heteroatoms. The molecule has 2 aromatic carbocycles. The summed E-state index contributed by atoms with van der Waals surface area (Å²) in [5.41, 5.74) is 7.74. The molecule has 0 atom stereocenters. The van der Waals surface area contributed by atoms with Gasteiger partial charge in [-0.05, 0) is 69.7 Å². The minimum Gasteiger partial charge on any atom is -0.345 e. The van der Waals surface area contributed by atoms with Crippen LogP contribution in [0.3, 0.4) is 0 Å². The standard InChI is InChI=1S/C25H30N4/c1-19-20(2)29(14-8-13-27(3)4)25-12-11-22(15-24(19)25)23-16-26-28(18-23)17-21-9-6-5-7-10-21/h5-7,9-12,15-16,18H,8,13-14,17H2,1-4H3. The van der Waals surface area contributed by atoms with Crippen molar-refractivity contribution in [3.05, 3.63) is 77.7 Å². The Labute approximate surface area is 173 Å². The van der Waals surface area contributed by atoms with Crippen molar-refractivity contribution in [1.29, 1.82) is 0 Å². The largest absolute Gasteiger partial charge is 0.345 e. The van der Waals surface area contributed by atoms with Crippen LogP contribution in [0.4, 0.5) is 0 Å². The van der Waals surface area contributed by atoms with Gasteiger partial charge >= 0.3 is 0 Å². The van der Waals surface area contributed by atoms with Crippen LogP contribution >= 0.6 is 0 Å². The fourth-order valence-electron chi connectivity index (χ4n) is 4.03. The Hall–Kier alpha value is -2.85. The number of aromatic nitrogens is 3. The second-order valence-electron chi connectivity index (χ2n) is 8.16.